The molecule has 0 amide bonds. The first-order chi connectivity index (χ1) is 6.57. The van der Waals surface area contributed by atoms with E-state index in [9.17, 15) is 0 Å². The molecule has 14 heavy (non-hydrogen) atoms. The van der Waals surface area contributed by atoms with Gasteiger partial charge in [-0.05, 0) is 44.8 Å². The van der Waals surface area contributed by atoms with Crippen LogP contribution in [0.25, 0.3) is 0 Å². The fourth-order valence-corrected chi connectivity index (χ4v) is 1.25. The van der Waals surface area contributed by atoms with Crippen LogP contribution in [0.3, 0.4) is 0 Å². The number of hydrogen-bond donors (Lipinski definition) is 0. The second kappa shape index (κ2) is 11.0. The maximum Gasteiger partial charge on any atom is -0.00192 e. The first-order valence-electron chi connectivity index (χ1n) is 6.26. The van der Waals surface area contributed by atoms with Crippen molar-refractivity contribution in [2.75, 3.05) is 20.1 Å². The molecule has 0 fully saturated rings. The molecular formula is C13H31N. The highest BCUT2D eigenvalue weighted by atomic mass is 15.1. The summed E-state index contributed by atoms with van der Waals surface area (Å²) in [6.07, 6.45) is 2.61. The molecule has 0 aromatic carbocycles. The Hall–Kier alpha value is -0.0400. The standard InChI is InChI=1S/C11H25N.C2H6/c1-6-8-12(5)9-7-11(4)10(2)3;1-2/h10-11H,6-9H2,1-5H3;1-2H3. The summed E-state index contributed by atoms with van der Waals surface area (Å²) in [5.74, 6) is 1.70. The molecule has 0 N–H and O–H groups in total. The van der Waals surface area contributed by atoms with E-state index < -0.39 is 0 Å². The van der Waals surface area contributed by atoms with Crippen molar-refractivity contribution in [2.24, 2.45) is 11.8 Å². The molecule has 0 aliphatic rings. The summed E-state index contributed by atoms with van der Waals surface area (Å²) in [5, 5.41) is 0. The molecule has 0 bridgehead atoms. The van der Waals surface area contributed by atoms with Crippen LogP contribution >= 0.6 is 0 Å². The van der Waals surface area contributed by atoms with Crippen molar-refractivity contribution < 1.29 is 0 Å². The molecule has 88 valence electrons. The molecular weight excluding hydrogens is 170 g/mol. The van der Waals surface area contributed by atoms with Crippen molar-refractivity contribution in [1.82, 2.24) is 4.90 Å². The third-order valence-corrected chi connectivity index (χ3v) is 2.71. The van der Waals surface area contributed by atoms with Crippen LogP contribution in [0, 0.1) is 11.8 Å². The minimum atomic E-state index is 0.833. The molecule has 1 nitrogen and oxygen atoms in total. The van der Waals surface area contributed by atoms with Crippen LogP contribution < -0.4 is 0 Å². The van der Waals surface area contributed by atoms with Crippen LogP contribution in [0.1, 0.15) is 54.4 Å². The second-order valence-electron chi connectivity index (χ2n) is 4.31. The first kappa shape index (κ1) is 16.4. The van der Waals surface area contributed by atoms with E-state index in [1.165, 1.54) is 25.9 Å². The van der Waals surface area contributed by atoms with Crippen LogP contribution in [0.2, 0.25) is 0 Å². The highest BCUT2D eigenvalue weighted by molar-refractivity contribution is 4.60. The lowest BCUT2D eigenvalue weighted by Gasteiger charge is -2.20. The van der Waals surface area contributed by atoms with Crippen molar-refractivity contribution in [2.45, 2.75) is 54.4 Å². The zero-order valence-electron chi connectivity index (χ0n) is 11.4. The second-order valence-corrected chi connectivity index (χ2v) is 4.31. The largest absolute Gasteiger partial charge is 0.306 e. The first-order valence-corrected chi connectivity index (χ1v) is 6.26. The monoisotopic (exact) mass is 201 g/mol. The summed E-state index contributed by atoms with van der Waals surface area (Å²) < 4.78 is 0. The number of nitrogens with zero attached hydrogens (tertiary/aromatic N) is 1. The van der Waals surface area contributed by atoms with E-state index in [1.54, 1.807) is 0 Å². The minimum Gasteiger partial charge on any atom is -0.306 e. The highest BCUT2D eigenvalue weighted by Crippen LogP contribution is 2.13. The predicted octanol–water partition coefficient (Wildman–Crippen LogP) is 4.04. The quantitative estimate of drug-likeness (QED) is 0.627. The van der Waals surface area contributed by atoms with E-state index in [-0.39, 0.29) is 0 Å². The lowest BCUT2D eigenvalue weighted by molar-refractivity contribution is 0.280. The molecule has 0 aromatic heterocycles. The molecule has 0 aromatic rings. The van der Waals surface area contributed by atoms with E-state index in [4.69, 9.17) is 0 Å². The predicted molar refractivity (Wildman–Crippen MR) is 67.8 cm³/mol. The van der Waals surface area contributed by atoms with Gasteiger partial charge in [-0.15, -0.1) is 0 Å². The van der Waals surface area contributed by atoms with Crippen molar-refractivity contribution in [1.29, 1.82) is 0 Å². The Kier molecular flexibility index (Phi) is 12.9. The number of hydrogen-bond acceptors (Lipinski definition) is 1. The maximum absolute atomic E-state index is 2.43. The van der Waals surface area contributed by atoms with Gasteiger partial charge in [-0.1, -0.05) is 41.5 Å². The third kappa shape index (κ3) is 10.0. The molecule has 1 heteroatoms. The SMILES string of the molecule is CC.CCCN(C)CCC(C)C(C)C. The van der Waals surface area contributed by atoms with Crippen LogP contribution in [0.5, 0.6) is 0 Å². The van der Waals surface area contributed by atoms with E-state index in [0.717, 1.165) is 11.8 Å². The molecule has 0 aliphatic carbocycles. The van der Waals surface area contributed by atoms with Crippen molar-refractivity contribution in [3.63, 3.8) is 0 Å². The van der Waals surface area contributed by atoms with Gasteiger partial charge in [0, 0.05) is 0 Å². The van der Waals surface area contributed by atoms with E-state index in [1.807, 2.05) is 13.8 Å². The van der Waals surface area contributed by atoms with E-state index in [0.29, 0.717) is 0 Å². The Labute approximate surface area is 91.9 Å². The smallest absolute Gasteiger partial charge is 0.00192 e. The third-order valence-electron chi connectivity index (χ3n) is 2.71. The molecule has 0 saturated heterocycles. The zero-order chi connectivity index (χ0) is 11.6. The van der Waals surface area contributed by atoms with Crippen LogP contribution in [0.4, 0.5) is 0 Å². The van der Waals surface area contributed by atoms with Gasteiger partial charge in [0.2, 0.25) is 0 Å². The summed E-state index contributed by atoms with van der Waals surface area (Å²) in [4.78, 5) is 2.43. The Balaban J connectivity index is 0. The summed E-state index contributed by atoms with van der Waals surface area (Å²) in [6, 6.07) is 0. The van der Waals surface area contributed by atoms with Crippen LogP contribution in [-0.4, -0.2) is 25.0 Å². The molecule has 0 aliphatic heterocycles. The number of rotatable bonds is 6. The van der Waals surface area contributed by atoms with Gasteiger partial charge in [0.05, 0.1) is 0 Å². The Morgan fingerprint density at radius 1 is 1.00 bits per heavy atom. The zero-order valence-corrected chi connectivity index (χ0v) is 11.4. The molecule has 0 heterocycles. The fraction of sp³-hybridized carbons (Fsp3) is 1.00. The summed E-state index contributed by atoms with van der Waals surface area (Å²) >= 11 is 0. The average molecular weight is 201 g/mol. The minimum absolute atomic E-state index is 0.833. The van der Waals surface area contributed by atoms with Gasteiger partial charge < -0.3 is 4.90 Å². The van der Waals surface area contributed by atoms with E-state index in [2.05, 4.69) is 39.6 Å². The highest BCUT2D eigenvalue weighted by Gasteiger charge is 2.07. The maximum atomic E-state index is 2.43. The van der Waals surface area contributed by atoms with Crippen molar-refractivity contribution in [3.05, 3.63) is 0 Å². The lowest BCUT2D eigenvalue weighted by Crippen LogP contribution is -2.23. The molecule has 0 rings (SSSR count). The summed E-state index contributed by atoms with van der Waals surface area (Å²) in [5.41, 5.74) is 0. The van der Waals surface area contributed by atoms with Crippen molar-refractivity contribution >= 4 is 0 Å². The molecule has 1 unspecified atom stereocenters. The Bertz CT molecular complexity index is 99.4. The molecule has 0 radical (unpaired) electrons. The average Bonchev–Trinajstić information content (AvgIpc) is 2.17. The van der Waals surface area contributed by atoms with Crippen molar-refractivity contribution in [3.8, 4) is 0 Å². The Morgan fingerprint density at radius 3 is 1.86 bits per heavy atom. The van der Waals surface area contributed by atoms with Gasteiger partial charge in [0.15, 0.2) is 0 Å². The molecule has 0 spiro atoms. The van der Waals surface area contributed by atoms with Gasteiger partial charge >= 0.3 is 0 Å². The fourth-order valence-electron chi connectivity index (χ4n) is 1.25. The van der Waals surface area contributed by atoms with Gasteiger partial charge in [-0.25, -0.2) is 0 Å². The molecule has 1 atom stereocenters. The van der Waals surface area contributed by atoms with Gasteiger partial charge in [-0.2, -0.15) is 0 Å². The topological polar surface area (TPSA) is 3.24 Å². The Morgan fingerprint density at radius 2 is 1.50 bits per heavy atom. The van der Waals surface area contributed by atoms with Gasteiger partial charge in [0.25, 0.3) is 0 Å². The molecule has 0 saturated carbocycles. The van der Waals surface area contributed by atoms with Crippen LogP contribution in [-0.2, 0) is 0 Å². The van der Waals surface area contributed by atoms with E-state index >= 15 is 0 Å². The summed E-state index contributed by atoms with van der Waals surface area (Å²) in [6.45, 7) is 15.7. The normalized spacial score (nSPS) is 12.6. The van der Waals surface area contributed by atoms with Gasteiger partial charge in [-0.3, -0.25) is 0 Å². The van der Waals surface area contributed by atoms with Gasteiger partial charge in [0.1, 0.15) is 0 Å². The van der Waals surface area contributed by atoms with Crippen LogP contribution in [0.15, 0.2) is 0 Å². The lowest BCUT2D eigenvalue weighted by atomic mass is 9.95. The summed E-state index contributed by atoms with van der Waals surface area (Å²) in [7, 11) is 2.22.